The number of carboxylic acids is 1. The maximum atomic E-state index is 10.9. The molecule has 1 heterocycles. The van der Waals surface area contributed by atoms with Gasteiger partial charge in [-0.1, -0.05) is 36.7 Å². The van der Waals surface area contributed by atoms with Gasteiger partial charge in [0.05, 0.1) is 17.1 Å². The van der Waals surface area contributed by atoms with Crippen LogP contribution in [0.3, 0.4) is 0 Å². The highest BCUT2D eigenvalue weighted by atomic mass is 35.5. The van der Waals surface area contributed by atoms with Crippen LogP contribution in [0, 0.1) is 6.92 Å². The molecule has 0 spiro atoms. The second-order valence-corrected chi connectivity index (χ2v) is 6.07. The van der Waals surface area contributed by atoms with Crippen LogP contribution in [0.4, 0.5) is 0 Å². The number of hydrogen-bond donors (Lipinski definition) is 1. The number of aromatic nitrogens is 1. The van der Waals surface area contributed by atoms with E-state index in [0.29, 0.717) is 5.02 Å². The highest BCUT2D eigenvalue weighted by Gasteiger charge is 2.20. The predicted octanol–water partition coefficient (Wildman–Crippen LogP) is 4.35. The summed E-state index contributed by atoms with van der Waals surface area (Å²) >= 11 is 7.73. The van der Waals surface area contributed by atoms with Crippen molar-refractivity contribution in [1.82, 2.24) is 4.98 Å². The summed E-state index contributed by atoms with van der Waals surface area (Å²) in [4.78, 5) is 16.4. The first-order chi connectivity index (χ1) is 8.99. The van der Waals surface area contributed by atoms with Crippen LogP contribution in [0.25, 0.3) is 11.3 Å². The summed E-state index contributed by atoms with van der Waals surface area (Å²) in [6.07, 6.45) is 0.0963. The fourth-order valence-corrected chi connectivity index (χ4v) is 3.19. The minimum absolute atomic E-state index is 0.0741. The first-order valence-corrected chi connectivity index (χ1v) is 7.12. The number of hydrogen-bond acceptors (Lipinski definition) is 3. The number of aliphatic carboxylic acids is 1. The lowest BCUT2D eigenvalue weighted by Gasteiger charge is -2.09. The topological polar surface area (TPSA) is 50.2 Å². The molecule has 1 aromatic carbocycles. The molecule has 100 valence electrons. The molecule has 0 radical (unpaired) electrons. The molecule has 0 amide bonds. The number of thiazole rings is 1. The minimum Gasteiger partial charge on any atom is -0.481 e. The summed E-state index contributed by atoms with van der Waals surface area (Å²) in [5.41, 5.74) is 1.67. The van der Waals surface area contributed by atoms with E-state index in [1.807, 2.05) is 38.1 Å². The average molecular weight is 296 g/mol. The van der Waals surface area contributed by atoms with Crippen LogP contribution in [-0.4, -0.2) is 16.1 Å². The van der Waals surface area contributed by atoms with Crippen molar-refractivity contribution < 1.29 is 9.90 Å². The van der Waals surface area contributed by atoms with Crippen molar-refractivity contribution in [2.45, 2.75) is 26.2 Å². The number of carboxylic acid groups (broad SMARTS) is 1. The van der Waals surface area contributed by atoms with E-state index in [4.69, 9.17) is 16.7 Å². The zero-order valence-electron chi connectivity index (χ0n) is 10.7. The molecule has 0 aliphatic heterocycles. The molecule has 0 aliphatic rings. The number of aryl methyl sites for hydroxylation is 1. The van der Waals surface area contributed by atoms with Crippen LogP contribution in [0.15, 0.2) is 24.3 Å². The van der Waals surface area contributed by atoms with Gasteiger partial charge in [-0.25, -0.2) is 4.98 Å². The number of rotatable bonds is 4. The van der Waals surface area contributed by atoms with Gasteiger partial charge in [0.2, 0.25) is 0 Å². The first kappa shape index (κ1) is 14.0. The van der Waals surface area contributed by atoms with Gasteiger partial charge in [0.15, 0.2) is 0 Å². The Balaban J connectivity index is 2.47. The second kappa shape index (κ2) is 5.72. The molecule has 1 N–H and O–H groups in total. The molecule has 3 nitrogen and oxygen atoms in total. The van der Waals surface area contributed by atoms with Gasteiger partial charge in [0.1, 0.15) is 0 Å². The summed E-state index contributed by atoms with van der Waals surface area (Å²) in [6.45, 7) is 3.82. The Morgan fingerprint density at radius 3 is 2.79 bits per heavy atom. The number of halogens is 1. The number of nitrogens with zero attached hydrogens (tertiary/aromatic N) is 1. The molecular weight excluding hydrogens is 282 g/mol. The SMILES string of the molecule is Cc1nc(-c2ccccc2Cl)c(C(C)CC(=O)O)s1. The quantitative estimate of drug-likeness (QED) is 0.912. The Morgan fingerprint density at radius 1 is 1.47 bits per heavy atom. The van der Waals surface area contributed by atoms with Crippen LogP contribution in [0.1, 0.15) is 29.1 Å². The van der Waals surface area contributed by atoms with E-state index in [9.17, 15) is 4.79 Å². The Bertz CT molecular complexity index is 609. The highest BCUT2D eigenvalue weighted by molar-refractivity contribution is 7.12. The van der Waals surface area contributed by atoms with E-state index in [-0.39, 0.29) is 12.3 Å². The Labute approximate surface area is 120 Å². The zero-order valence-corrected chi connectivity index (χ0v) is 12.3. The molecule has 1 atom stereocenters. The van der Waals surface area contributed by atoms with Crippen LogP contribution in [-0.2, 0) is 4.79 Å². The molecule has 0 bridgehead atoms. The smallest absolute Gasteiger partial charge is 0.303 e. The molecule has 0 aliphatic carbocycles. The van der Waals surface area contributed by atoms with Crippen LogP contribution in [0.2, 0.25) is 5.02 Å². The zero-order chi connectivity index (χ0) is 14.0. The predicted molar refractivity (Wildman–Crippen MR) is 78.0 cm³/mol. The standard InChI is InChI=1S/C14H14ClNO2S/c1-8(7-12(17)18)14-13(16-9(2)19-14)10-5-3-4-6-11(10)15/h3-6,8H,7H2,1-2H3,(H,17,18). The third kappa shape index (κ3) is 3.14. The summed E-state index contributed by atoms with van der Waals surface area (Å²) in [5, 5.41) is 10.5. The number of benzene rings is 1. The Hall–Kier alpha value is -1.39. The third-order valence-electron chi connectivity index (χ3n) is 2.82. The summed E-state index contributed by atoms with van der Waals surface area (Å²) < 4.78 is 0. The fraction of sp³-hybridized carbons (Fsp3) is 0.286. The lowest BCUT2D eigenvalue weighted by molar-refractivity contribution is -0.137. The van der Waals surface area contributed by atoms with Crippen molar-refractivity contribution in [3.05, 3.63) is 39.2 Å². The van der Waals surface area contributed by atoms with E-state index in [2.05, 4.69) is 4.98 Å². The van der Waals surface area contributed by atoms with Crippen molar-refractivity contribution in [3.63, 3.8) is 0 Å². The van der Waals surface area contributed by atoms with Crippen LogP contribution in [0.5, 0.6) is 0 Å². The molecule has 2 aromatic rings. The Kier molecular flexibility index (Phi) is 4.22. The molecule has 1 aromatic heterocycles. The largest absolute Gasteiger partial charge is 0.481 e. The minimum atomic E-state index is -0.802. The molecule has 0 fully saturated rings. The van der Waals surface area contributed by atoms with Crippen molar-refractivity contribution in [1.29, 1.82) is 0 Å². The van der Waals surface area contributed by atoms with Gasteiger partial charge in [-0.15, -0.1) is 11.3 Å². The number of carbonyl (C=O) groups is 1. The van der Waals surface area contributed by atoms with Crippen LogP contribution >= 0.6 is 22.9 Å². The normalized spacial score (nSPS) is 12.4. The van der Waals surface area contributed by atoms with Gasteiger partial charge in [-0.2, -0.15) is 0 Å². The Morgan fingerprint density at radius 2 is 2.16 bits per heavy atom. The van der Waals surface area contributed by atoms with E-state index in [1.165, 1.54) is 11.3 Å². The molecule has 1 unspecified atom stereocenters. The molecule has 0 saturated carbocycles. The van der Waals surface area contributed by atoms with Gasteiger partial charge in [-0.05, 0) is 13.0 Å². The molecule has 0 saturated heterocycles. The first-order valence-electron chi connectivity index (χ1n) is 5.93. The fourth-order valence-electron chi connectivity index (χ4n) is 1.98. The van der Waals surface area contributed by atoms with Gasteiger partial charge in [-0.3, -0.25) is 4.79 Å². The van der Waals surface area contributed by atoms with E-state index < -0.39 is 5.97 Å². The summed E-state index contributed by atoms with van der Waals surface area (Å²) in [6, 6.07) is 7.50. The monoisotopic (exact) mass is 295 g/mol. The average Bonchev–Trinajstić information content (AvgIpc) is 2.71. The lowest BCUT2D eigenvalue weighted by atomic mass is 10.0. The summed E-state index contributed by atoms with van der Waals surface area (Å²) in [5.74, 6) is -0.876. The maximum Gasteiger partial charge on any atom is 0.303 e. The molecular formula is C14H14ClNO2S. The highest BCUT2D eigenvalue weighted by Crippen LogP contribution is 2.37. The van der Waals surface area contributed by atoms with E-state index in [1.54, 1.807) is 0 Å². The van der Waals surface area contributed by atoms with Gasteiger partial charge < -0.3 is 5.11 Å². The van der Waals surface area contributed by atoms with Crippen molar-refractivity contribution >= 4 is 28.9 Å². The van der Waals surface area contributed by atoms with Gasteiger partial charge >= 0.3 is 5.97 Å². The van der Waals surface area contributed by atoms with Crippen molar-refractivity contribution in [3.8, 4) is 11.3 Å². The molecule has 19 heavy (non-hydrogen) atoms. The second-order valence-electron chi connectivity index (χ2n) is 4.42. The van der Waals surface area contributed by atoms with E-state index in [0.717, 1.165) is 21.1 Å². The lowest BCUT2D eigenvalue weighted by Crippen LogP contribution is -2.02. The third-order valence-corrected chi connectivity index (χ3v) is 4.35. The summed E-state index contributed by atoms with van der Waals surface area (Å²) in [7, 11) is 0. The van der Waals surface area contributed by atoms with Gasteiger partial charge in [0.25, 0.3) is 0 Å². The van der Waals surface area contributed by atoms with Crippen LogP contribution < -0.4 is 0 Å². The maximum absolute atomic E-state index is 10.9. The molecule has 2 rings (SSSR count). The van der Waals surface area contributed by atoms with Gasteiger partial charge in [0, 0.05) is 21.4 Å². The van der Waals surface area contributed by atoms with E-state index >= 15 is 0 Å². The van der Waals surface area contributed by atoms with Crippen molar-refractivity contribution in [2.24, 2.45) is 0 Å². The van der Waals surface area contributed by atoms with Crippen molar-refractivity contribution in [2.75, 3.05) is 0 Å². The molecule has 5 heteroatoms.